The number of aromatic nitrogens is 4. The van der Waals surface area contributed by atoms with E-state index in [2.05, 4.69) is 15.0 Å². The Labute approximate surface area is 113 Å². The summed E-state index contributed by atoms with van der Waals surface area (Å²) in [6.45, 7) is -0.170. The van der Waals surface area contributed by atoms with E-state index in [1.165, 1.54) is 12.7 Å². The number of imidazole rings is 1. The van der Waals surface area contributed by atoms with Crippen molar-refractivity contribution in [3.8, 4) is 0 Å². The summed E-state index contributed by atoms with van der Waals surface area (Å²) in [5.74, 6) is -0.352. The van der Waals surface area contributed by atoms with E-state index in [4.69, 9.17) is 11.6 Å². The molecule has 1 aliphatic rings. The zero-order valence-electron chi connectivity index (χ0n) is 9.89. The van der Waals surface area contributed by atoms with Crippen LogP contribution < -0.4 is 0 Å². The zero-order chi connectivity index (χ0) is 13.6. The van der Waals surface area contributed by atoms with Crippen molar-refractivity contribution in [2.24, 2.45) is 5.92 Å². The van der Waals surface area contributed by atoms with Gasteiger partial charge < -0.3 is 19.9 Å². The average Bonchev–Trinajstić information content (AvgIpc) is 2.94. The maximum atomic E-state index is 10.1. The summed E-state index contributed by atoms with van der Waals surface area (Å²) < 4.78 is 1.67. The summed E-state index contributed by atoms with van der Waals surface area (Å²) in [6.07, 6.45) is 1.37. The first-order valence-corrected chi connectivity index (χ1v) is 6.31. The Hall–Kier alpha value is -1.28. The molecular weight excluding hydrogens is 272 g/mol. The first kappa shape index (κ1) is 12.7. The molecule has 19 heavy (non-hydrogen) atoms. The molecule has 0 aliphatic heterocycles. The minimum atomic E-state index is -0.969. The van der Waals surface area contributed by atoms with E-state index in [-0.39, 0.29) is 23.7 Å². The van der Waals surface area contributed by atoms with Gasteiger partial charge in [-0.2, -0.15) is 0 Å². The molecule has 3 rings (SSSR count). The van der Waals surface area contributed by atoms with Gasteiger partial charge in [-0.25, -0.2) is 15.0 Å². The van der Waals surface area contributed by atoms with Gasteiger partial charge in [0, 0.05) is 12.5 Å². The number of rotatable bonds is 2. The van der Waals surface area contributed by atoms with Crippen LogP contribution in [0, 0.1) is 5.92 Å². The van der Waals surface area contributed by atoms with Crippen molar-refractivity contribution in [1.82, 2.24) is 19.5 Å². The topological polar surface area (TPSA) is 104 Å². The lowest BCUT2D eigenvalue weighted by Crippen LogP contribution is -2.30. The molecule has 0 radical (unpaired) electrons. The van der Waals surface area contributed by atoms with E-state index >= 15 is 0 Å². The van der Waals surface area contributed by atoms with Crippen LogP contribution in [-0.4, -0.2) is 53.7 Å². The minimum Gasteiger partial charge on any atom is -0.396 e. The fraction of sp³-hybridized carbons (Fsp3) is 0.545. The summed E-state index contributed by atoms with van der Waals surface area (Å²) in [5.41, 5.74) is 0.966. The molecule has 0 bridgehead atoms. The lowest BCUT2D eigenvalue weighted by Gasteiger charge is -2.18. The van der Waals surface area contributed by atoms with Gasteiger partial charge in [0.05, 0.1) is 18.5 Å². The molecule has 2 aromatic rings. The molecule has 1 fully saturated rings. The standard InChI is InChI=1S/C11H13ClN4O3/c12-10-7-11(14-3-13-10)16(4-15-7)6-1-5(2-17)8(18)9(6)19/h3-6,8-9,17-19H,1-2H2/t5-,6-,8-,9-/m0/s1. The van der Waals surface area contributed by atoms with Gasteiger partial charge in [0.1, 0.15) is 17.9 Å². The van der Waals surface area contributed by atoms with Gasteiger partial charge in [-0.3, -0.25) is 0 Å². The predicted octanol–water partition coefficient (Wildman–Crippen LogP) is -0.245. The van der Waals surface area contributed by atoms with Crippen molar-refractivity contribution in [3.63, 3.8) is 0 Å². The van der Waals surface area contributed by atoms with Crippen LogP contribution in [0.4, 0.5) is 0 Å². The van der Waals surface area contributed by atoms with Gasteiger partial charge >= 0.3 is 0 Å². The van der Waals surface area contributed by atoms with Crippen LogP contribution >= 0.6 is 11.6 Å². The Balaban J connectivity index is 2.04. The van der Waals surface area contributed by atoms with Crippen molar-refractivity contribution >= 4 is 22.8 Å². The Morgan fingerprint density at radius 2 is 2.05 bits per heavy atom. The van der Waals surface area contributed by atoms with Crippen LogP contribution in [0.25, 0.3) is 11.2 Å². The van der Waals surface area contributed by atoms with Crippen molar-refractivity contribution < 1.29 is 15.3 Å². The van der Waals surface area contributed by atoms with Crippen LogP contribution in [0.2, 0.25) is 5.15 Å². The third kappa shape index (κ3) is 1.90. The largest absolute Gasteiger partial charge is 0.396 e. The van der Waals surface area contributed by atoms with Crippen molar-refractivity contribution in [2.45, 2.75) is 24.7 Å². The molecule has 1 aliphatic carbocycles. The number of aliphatic hydroxyl groups excluding tert-OH is 3. The number of fused-ring (bicyclic) bond motifs is 1. The summed E-state index contributed by atoms with van der Waals surface area (Å²) in [4.78, 5) is 12.1. The maximum Gasteiger partial charge on any atom is 0.165 e. The SMILES string of the molecule is OC[C@@H]1C[C@H](n2cnc3c(Cl)ncnc32)[C@H](O)[C@H]1O. The van der Waals surface area contributed by atoms with Crippen LogP contribution in [0.15, 0.2) is 12.7 Å². The van der Waals surface area contributed by atoms with Gasteiger partial charge in [-0.15, -0.1) is 0 Å². The number of hydrogen-bond acceptors (Lipinski definition) is 6. The van der Waals surface area contributed by atoms with Gasteiger partial charge in [0.15, 0.2) is 10.8 Å². The Morgan fingerprint density at radius 1 is 1.26 bits per heavy atom. The molecule has 0 saturated heterocycles. The summed E-state index contributed by atoms with van der Waals surface area (Å²) in [6, 6.07) is -0.386. The second-order valence-electron chi connectivity index (χ2n) is 4.72. The molecular formula is C11H13ClN4O3. The molecule has 0 amide bonds. The molecule has 1 saturated carbocycles. The third-order valence-corrected chi connectivity index (χ3v) is 3.95. The first-order chi connectivity index (χ1) is 9.13. The molecule has 0 aromatic carbocycles. The van der Waals surface area contributed by atoms with Crippen molar-refractivity contribution in [3.05, 3.63) is 17.8 Å². The Morgan fingerprint density at radius 3 is 2.74 bits per heavy atom. The second kappa shape index (κ2) is 4.68. The van der Waals surface area contributed by atoms with Crippen LogP contribution in [0.1, 0.15) is 12.5 Å². The normalized spacial score (nSPS) is 31.2. The van der Waals surface area contributed by atoms with Gasteiger partial charge in [-0.05, 0) is 6.42 Å². The molecule has 2 heterocycles. The highest BCUT2D eigenvalue weighted by Crippen LogP contribution is 2.36. The van der Waals surface area contributed by atoms with Gasteiger partial charge in [0.2, 0.25) is 0 Å². The first-order valence-electron chi connectivity index (χ1n) is 5.93. The lowest BCUT2D eigenvalue weighted by atomic mass is 10.1. The molecule has 2 aromatic heterocycles. The summed E-state index contributed by atoms with van der Waals surface area (Å²) >= 11 is 5.92. The summed E-state index contributed by atoms with van der Waals surface area (Å²) in [5, 5.41) is 29.4. The summed E-state index contributed by atoms with van der Waals surface area (Å²) in [7, 11) is 0. The lowest BCUT2D eigenvalue weighted by molar-refractivity contribution is -0.00370. The Kier molecular flexibility index (Phi) is 3.14. The zero-order valence-corrected chi connectivity index (χ0v) is 10.6. The number of aliphatic hydroxyl groups is 3. The van der Waals surface area contributed by atoms with E-state index in [1.54, 1.807) is 4.57 Å². The fourth-order valence-corrected chi connectivity index (χ4v) is 2.80. The minimum absolute atomic E-state index is 0.170. The average molecular weight is 285 g/mol. The van der Waals surface area contributed by atoms with Crippen LogP contribution in [0.3, 0.4) is 0 Å². The molecule has 3 N–H and O–H groups in total. The van der Waals surface area contributed by atoms with Crippen molar-refractivity contribution in [1.29, 1.82) is 0 Å². The van der Waals surface area contributed by atoms with Gasteiger partial charge in [-0.1, -0.05) is 11.6 Å². The molecule has 0 unspecified atom stereocenters. The maximum absolute atomic E-state index is 10.1. The van der Waals surface area contributed by atoms with E-state index in [0.717, 1.165) is 0 Å². The van der Waals surface area contributed by atoms with Gasteiger partial charge in [0.25, 0.3) is 0 Å². The van der Waals surface area contributed by atoms with E-state index in [1.807, 2.05) is 0 Å². The van der Waals surface area contributed by atoms with Crippen molar-refractivity contribution in [2.75, 3.05) is 6.61 Å². The predicted molar refractivity (Wildman–Crippen MR) is 66.6 cm³/mol. The molecule has 7 nitrogen and oxygen atoms in total. The molecule has 102 valence electrons. The highest BCUT2D eigenvalue weighted by atomic mass is 35.5. The number of nitrogens with zero attached hydrogens (tertiary/aromatic N) is 4. The quantitative estimate of drug-likeness (QED) is 0.657. The number of hydrogen-bond donors (Lipinski definition) is 3. The van der Waals surface area contributed by atoms with E-state index in [0.29, 0.717) is 17.6 Å². The van der Waals surface area contributed by atoms with E-state index in [9.17, 15) is 15.3 Å². The second-order valence-corrected chi connectivity index (χ2v) is 5.07. The number of halogens is 1. The molecule has 4 atom stereocenters. The fourth-order valence-electron chi connectivity index (χ4n) is 2.62. The highest BCUT2D eigenvalue weighted by Gasteiger charge is 2.42. The molecule has 8 heteroatoms. The Bertz CT molecular complexity index is 605. The third-order valence-electron chi connectivity index (χ3n) is 3.68. The monoisotopic (exact) mass is 284 g/mol. The molecule has 0 spiro atoms. The van der Waals surface area contributed by atoms with Crippen LogP contribution in [0.5, 0.6) is 0 Å². The van der Waals surface area contributed by atoms with E-state index < -0.39 is 12.2 Å². The smallest absolute Gasteiger partial charge is 0.165 e. The van der Waals surface area contributed by atoms with Crippen LogP contribution in [-0.2, 0) is 0 Å². The highest BCUT2D eigenvalue weighted by molar-refractivity contribution is 6.33.